The maximum Gasteiger partial charge on any atom is 0.252 e. The molecule has 1 heterocycles. The fraction of sp³-hybridized carbons (Fsp3) is 0.750. The van der Waals surface area contributed by atoms with E-state index in [9.17, 15) is 4.79 Å². The first-order valence-electron chi connectivity index (χ1n) is 6.52. The molecule has 0 aromatic carbocycles. The molecule has 1 aromatic heterocycles. The smallest absolute Gasteiger partial charge is 0.252 e. The minimum Gasteiger partial charge on any atom is -0.362 e. The first-order chi connectivity index (χ1) is 9.13. The van der Waals surface area contributed by atoms with Crippen molar-refractivity contribution in [1.82, 2.24) is 15.5 Å². The summed E-state index contributed by atoms with van der Waals surface area (Å²) in [5.41, 5.74) is 5.52. The minimum absolute atomic E-state index is 0.0246. The summed E-state index contributed by atoms with van der Waals surface area (Å²) in [5, 5.41) is 6.62. The Morgan fingerprint density at radius 2 is 2.26 bits per heavy atom. The second-order valence-corrected chi connectivity index (χ2v) is 4.97. The largest absolute Gasteiger partial charge is 0.362 e. The zero-order chi connectivity index (χ0) is 13.7. The van der Waals surface area contributed by atoms with Crippen LogP contribution >= 0.6 is 0 Å². The molecule has 0 atom stereocenters. The van der Waals surface area contributed by atoms with Gasteiger partial charge in [-0.1, -0.05) is 18.0 Å². The van der Waals surface area contributed by atoms with Gasteiger partial charge in [0.2, 0.25) is 5.91 Å². The maximum absolute atomic E-state index is 11.8. The van der Waals surface area contributed by atoms with Crippen molar-refractivity contribution in [2.45, 2.75) is 44.8 Å². The van der Waals surface area contributed by atoms with Gasteiger partial charge in [-0.25, -0.2) is 0 Å². The number of amides is 1. The van der Waals surface area contributed by atoms with Crippen molar-refractivity contribution in [2.24, 2.45) is 5.73 Å². The summed E-state index contributed by atoms with van der Waals surface area (Å²) >= 11 is 0. The van der Waals surface area contributed by atoms with E-state index in [0.29, 0.717) is 18.3 Å². The summed E-state index contributed by atoms with van der Waals surface area (Å²) in [6.07, 6.45) is 4.11. The van der Waals surface area contributed by atoms with Crippen LogP contribution in [0.15, 0.2) is 4.52 Å². The minimum atomic E-state index is -0.235. The van der Waals surface area contributed by atoms with Crippen LogP contribution in [0, 0.1) is 6.92 Å². The van der Waals surface area contributed by atoms with Gasteiger partial charge in [-0.15, -0.1) is 0 Å². The van der Waals surface area contributed by atoms with Crippen molar-refractivity contribution in [2.75, 3.05) is 13.2 Å². The first-order valence-corrected chi connectivity index (χ1v) is 6.52. The van der Waals surface area contributed by atoms with E-state index in [2.05, 4.69) is 15.5 Å². The van der Waals surface area contributed by atoms with Gasteiger partial charge in [0.25, 0.3) is 5.89 Å². The van der Waals surface area contributed by atoms with Crippen molar-refractivity contribution in [1.29, 1.82) is 0 Å². The van der Waals surface area contributed by atoms with Crippen LogP contribution in [0.5, 0.6) is 0 Å². The zero-order valence-electron chi connectivity index (χ0n) is 11.1. The van der Waals surface area contributed by atoms with E-state index in [0.717, 1.165) is 25.7 Å². The molecule has 1 aromatic rings. The van der Waals surface area contributed by atoms with Crippen LogP contribution in [0.4, 0.5) is 0 Å². The van der Waals surface area contributed by atoms with Gasteiger partial charge in [-0.05, 0) is 19.8 Å². The van der Waals surface area contributed by atoms with Gasteiger partial charge in [0.05, 0.1) is 5.54 Å². The van der Waals surface area contributed by atoms with Crippen molar-refractivity contribution in [3.05, 3.63) is 11.7 Å². The molecule has 19 heavy (non-hydrogen) atoms. The number of rotatable bonds is 6. The number of nitrogens with zero attached hydrogens (tertiary/aromatic N) is 2. The van der Waals surface area contributed by atoms with Crippen molar-refractivity contribution < 1.29 is 14.1 Å². The maximum atomic E-state index is 11.8. The highest BCUT2D eigenvalue weighted by Gasteiger charge is 2.33. The van der Waals surface area contributed by atoms with E-state index >= 15 is 0 Å². The van der Waals surface area contributed by atoms with Gasteiger partial charge in [0.1, 0.15) is 13.2 Å². The Morgan fingerprint density at radius 3 is 2.84 bits per heavy atom. The van der Waals surface area contributed by atoms with E-state index in [1.807, 2.05) is 0 Å². The third-order valence-electron chi connectivity index (χ3n) is 3.38. The van der Waals surface area contributed by atoms with E-state index in [4.69, 9.17) is 15.0 Å². The molecule has 0 saturated heterocycles. The second-order valence-electron chi connectivity index (χ2n) is 4.97. The molecule has 0 aliphatic heterocycles. The molecule has 0 radical (unpaired) electrons. The Bertz CT molecular complexity index is 426. The molecule has 1 amide bonds. The average Bonchev–Trinajstić information content (AvgIpc) is 2.99. The molecular weight excluding hydrogens is 248 g/mol. The second kappa shape index (κ2) is 6.12. The van der Waals surface area contributed by atoms with E-state index in [1.165, 1.54) is 0 Å². The summed E-state index contributed by atoms with van der Waals surface area (Å²) in [7, 11) is 0. The Morgan fingerprint density at radius 1 is 1.53 bits per heavy atom. The molecule has 1 saturated carbocycles. The number of aryl methyl sites for hydroxylation is 1. The van der Waals surface area contributed by atoms with Crippen LogP contribution in [-0.4, -0.2) is 34.7 Å². The molecule has 3 N–H and O–H groups in total. The molecule has 2 rings (SSSR count). The highest BCUT2D eigenvalue weighted by atomic mass is 16.5. The lowest BCUT2D eigenvalue weighted by molar-refractivity contribution is -0.128. The van der Waals surface area contributed by atoms with Crippen LogP contribution in [0.3, 0.4) is 0 Å². The Balaban J connectivity index is 1.72. The number of aromatic nitrogens is 2. The van der Waals surface area contributed by atoms with Gasteiger partial charge in [0, 0.05) is 6.54 Å². The number of carbonyl (C=O) groups is 1. The summed E-state index contributed by atoms with van der Waals surface area (Å²) < 4.78 is 10.1. The van der Waals surface area contributed by atoms with Crippen LogP contribution in [0.25, 0.3) is 0 Å². The average molecular weight is 268 g/mol. The van der Waals surface area contributed by atoms with Crippen LogP contribution in [0.2, 0.25) is 0 Å². The van der Waals surface area contributed by atoms with Gasteiger partial charge in [-0.3, -0.25) is 4.79 Å². The lowest BCUT2D eigenvalue weighted by atomic mass is 9.98. The number of nitrogens with two attached hydrogens (primary N) is 1. The molecule has 1 aliphatic carbocycles. The third-order valence-corrected chi connectivity index (χ3v) is 3.38. The predicted octanol–water partition coefficient (Wildman–Crippen LogP) is 0.282. The fourth-order valence-corrected chi connectivity index (χ4v) is 2.39. The Kier molecular flexibility index (Phi) is 4.49. The molecule has 0 unspecified atom stereocenters. The zero-order valence-corrected chi connectivity index (χ0v) is 11.1. The van der Waals surface area contributed by atoms with Crippen molar-refractivity contribution in [3.63, 3.8) is 0 Å². The van der Waals surface area contributed by atoms with Crippen LogP contribution < -0.4 is 11.1 Å². The highest BCUT2D eigenvalue weighted by Crippen LogP contribution is 2.28. The molecule has 0 bridgehead atoms. The van der Waals surface area contributed by atoms with Gasteiger partial charge in [0.15, 0.2) is 5.82 Å². The highest BCUT2D eigenvalue weighted by molar-refractivity contribution is 5.78. The standard InChI is InChI=1S/C12H20N4O3/c1-9-14-11(19-16-9)7-18-6-10(17)15-12(8-13)4-2-3-5-12/h2-8,13H2,1H3,(H,15,17). The molecule has 106 valence electrons. The first kappa shape index (κ1) is 14.0. The topological polar surface area (TPSA) is 103 Å². The van der Waals surface area contributed by atoms with Crippen LogP contribution in [-0.2, 0) is 16.1 Å². The van der Waals surface area contributed by atoms with E-state index in [-0.39, 0.29) is 24.7 Å². The third kappa shape index (κ3) is 3.74. The van der Waals surface area contributed by atoms with Crippen molar-refractivity contribution >= 4 is 5.91 Å². The van der Waals surface area contributed by atoms with Gasteiger partial charge >= 0.3 is 0 Å². The quantitative estimate of drug-likeness (QED) is 0.768. The molecule has 1 aliphatic rings. The molecule has 0 spiro atoms. The summed E-state index contributed by atoms with van der Waals surface area (Å²) in [6.45, 7) is 2.32. The summed E-state index contributed by atoms with van der Waals surface area (Å²) in [6, 6.07) is 0. The number of carbonyl (C=O) groups excluding carboxylic acids is 1. The fourth-order valence-electron chi connectivity index (χ4n) is 2.39. The number of ether oxygens (including phenoxy) is 1. The number of hydrogen-bond acceptors (Lipinski definition) is 6. The van der Waals surface area contributed by atoms with Crippen LogP contribution in [0.1, 0.15) is 37.4 Å². The lowest BCUT2D eigenvalue weighted by Crippen LogP contribution is -2.52. The van der Waals surface area contributed by atoms with Gasteiger partial charge < -0.3 is 20.3 Å². The summed E-state index contributed by atoms with van der Waals surface area (Å²) in [4.78, 5) is 15.8. The monoisotopic (exact) mass is 268 g/mol. The number of nitrogens with one attached hydrogen (secondary N) is 1. The van der Waals surface area contributed by atoms with E-state index in [1.54, 1.807) is 6.92 Å². The Hall–Kier alpha value is -1.47. The summed E-state index contributed by atoms with van der Waals surface area (Å²) in [5.74, 6) is 0.777. The number of hydrogen-bond donors (Lipinski definition) is 2. The predicted molar refractivity (Wildman–Crippen MR) is 67.1 cm³/mol. The molecule has 7 nitrogen and oxygen atoms in total. The van der Waals surface area contributed by atoms with E-state index < -0.39 is 0 Å². The van der Waals surface area contributed by atoms with Gasteiger partial charge in [-0.2, -0.15) is 4.98 Å². The molecule has 7 heteroatoms. The Labute approximate surface area is 111 Å². The van der Waals surface area contributed by atoms with Crippen molar-refractivity contribution in [3.8, 4) is 0 Å². The SMILES string of the molecule is Cc1noc(COCC(=O)NC2(CN)CCCC2)n1. The molecule has 1 fully saturated rings. The lowest BCUT2D eigenvalue weighted by Gasteiger charge is -2.28. The molecular formula is C12H20N4O3. The normalized spacial score (nSPS) is 17.6.